The molecule has 0 aliphatic heterocycles. The van der Waals surface area contributed by atoms with Crippen LogP contribution in [0, 0.1) is 12.8 Å². The van der Waals surface area contributed by atoms with E-state index in [0.717, 1.165) is 29.7 Å². The fraction of sp³-hybridized carbons (Fsp3) is 0.727. The summed E-state index contributed by atoms with van der Waals surface area (Å²) in [6.07, 6.45) is 2.51. The van der Waals surface area contributed by atoms with Crippen LogP contribution >= 0.6 is 0 Å². The zero-order valence-corrected chi connectivity index (χ0v) is 9.75. The highest BCUT2D eigenvalue weighted by Crippen LogP contribution is 2.37. The number of nitrogens with one attached hydrogen (secondary N) is 1. The van der Waals surface area contributed by atoms with E-state index >= 15 is 0 Å². The lowest BCUT2D eigenvalue weighted by atomic mass is 10.3. The van der Waals surface area contributed by atoms with E-state index in [-0.39, 0.29) is 0 Å². The van der Waals surface area contributed by atoms with Gasteiger partial charge in [0.25, 0.3) is 0 Å². The Labute approximate surface area is 90.8 Å². The molecule has 15 heavy (non-hydrogen) atoms. The van der Waals surface area contributed by atoms with E-state index in [9.17, 15) is 0 Å². The van der Waals surface area contributed by atoms with Crippen molar-refractivity contribution >= 4 is 11.5 Å². The number of rotatable bonds is 4. The molecule has 0 amide bonds. The zero-order chi connectivity index (χ0) is 11.0. The molecule has 3 N–H and O–H groups in total. The Bertz CT molecular complexity index is 356. The molecular formula is C11H20N4. The van der Waals surface area contributed by atoms with Crippen molar-refractivity contribution in [1.82, 2.24) is 9.78 Å². The molecule has 4 nitrogen and oxygen atoms in total. The standard InChI is InChI=1S/C11H20N4/c1-4-8-6-9(8)13-11-10(12)7(3)14-15(11)5-2/h8-9,13H,4-6,12H2,1-3H3. The van der Waals surface area contributed by atoms with Gasteiger partial charge in [0, 0.05) is 12.6 Å². The maximum Gasteiger partial charge on any atom is 0.148 e. The summed E-state index contributed by atoms with van der Waals surface area (Å²) in [4.78, 5) is 0. The number of aryl methyl sites for hydroxylation is 2. The first kappa shape index (κ1) is 10.3. The highest BCUT2D eigenvalue weighted by molar-refractivity contribution is 5.65. The first-order valence-electron chi connectivity index (χ1n) is 5.76. The second-order valence-electron chi connectivity index (χ2n) is 4.32. The Balaban J connectivity index is 2.13. The molecule has 0 saturated heterocycles. The van der Waals surface area contributed by atoms with Gasteiger partial charge in [0.05, 0.1) is 11.4 Å². The van der Waals surface area contributed by atoms with Crippen LogP contribution in [0.2, 0.25) is 0 Å². The highest BCUT2D eigenvalue weighted by atomic mass is 15.3. The van der Waals surface area contributed by atoms with Gasteiger partial charge in [-0.3, -0.25) is 0 Å². The molecule has 1 aliphatic carbocycles. The second kappa shape index (κ2) is 3.76. The van der Waals surface area contributed by atoms with Gasteiger partial charge < -0.3 is 11.1 Å². The summed E-state index contributed by atoms with van der Waals surface area (Å²) >= 11 is 0. The molecule has 0 bridgehead atoms. The number of aromatic nitrogens is 2. The summed E-state index contributed by atoms with van der Waals surface area (Å²) in [5.74, 6) is 1.83. The summed E-state index contributed by atoms with van der Waals surface area (Å²) in [7, 11) is 0. The zero-order valence-electron chi connectivity index (χ0n) is 9.75. The fourth-order valence-corrected chi connectivity index (χ4v) is 2.03. The van der Waals surface area contributed by atoms with Crippen molar-refractivity contribution in [1.29, 1.82) is 0 Å². The second-order valence-corrected chi connectivity index (χ2v) is 4.32. The Morgan fingerprint density at radius 3 is 2.80 bits per heavy atom. The van der Waals surface area contributed by atoms with Crippen LogP contribution in [0.5, 0.6) is 0 Å². The highest BCUT2D eigenvalue weighted by Gasteiger charge is 2.36. The molecule has 84 valence electrons. The minimum atomic E-state index is 0.610. The van der Waals surface area contributed by atoms with Gasteiger partial charge in [-0.2, -0.15) is 5.10 Å². The van der Waals surface area contributed by atoms with Crippen molar-refractivity contribution in [2.45, 2.75) is 46.2 Å². The first-order chi connectivity index (χ1) is 7.17. The SMILES string of the molecule is CCC1CC1Nc1c(N)c(C)nn1CC. The monoisotopic (exact) mass is 208 g/mol. The molecule has 1 fully saturated rings. The van der Waals surface area contributed by atoms with E-state index in [1.54, 1.807) is 0 Å². The molecule has 1 aromatic heterocycles. The van der Waals surface area contributed by atoms with Gasteiger partial charge in [-0.05, 0) is 26.2 Å². The quantitative estimate of drug-likeness (QED) is 0.795. The average molecular weight is 208 g/mol. The normalized spacial score (nSPS) is 24.2. The average Bonchev–Trinajstić information content (AvgIpc) is 2.94. The molecule has 0 aromatic carbocycles. The topological polar surface area (TPSA) is 55.9 Å². The van der Waals surface area contributed by atoms with Gasteiger partial charge in [-0.25, -0.2) is 4.68 Å². The number of anilines is 2. The minimum absolute atomic E-state index is 0.610. The molecule has 1 aliphatic rings. The third kappa shape index (κ3) is 1.80. The van der Waals surface area contributed by atoms with E-state index in [2.05, 4.69) is 24.3 Å². The van der Waals surface area contributed by atoms with Crippen molar-refractivity contribution in [2.24, 2.45) is 5.92 Å². The van der Waals surface area contributed by atoms with Crippen LogP contribution in [0.1, 0.15) is 32.4 Å². The van der Waals surface area contributed by atoms with E-state index in [0.29, 0.717) is 6.04 Å². The maximum absolute atomic E-state index is 6.00. The van der Waals surface area contributed by atoms with Crippen molar-refractivity contribution < 1.29 is 0 Å². The van der Waals surface area contributed by atoms with Crippen molar-refractivity contribution in [3.05, 3.63) is 5.69 Å². The molecule has 2 atom stereocenters. The van der Waals surface area contributed by atoms with E-state index in [4.69, 9.17) is 5.73 Å². The molecule has 2 rings (SSSR count). The molecule has 0 radical (unpaired) electrons. The van der Waals surface area contributed by atoms with Crippen LogP contribution in [0.15, 0.2) is 0 Å². The summed E-state index contributed by atoms with van der Waals surface area (Å²) in [5, 5.41) is 7.89. The van der Waals surface area contributed by atoms with Crippen LogP contribution in [-0.4, -0.2) is 15.8 Å². The molecule has 1 aromatic rings. The van der Waals surface area contributed by atoms with Crippen molar-refractivity contribution in [3.63, 3.8) is 0 Å². The summed E-state index contributed by atoms with van der Waals surface area (Å²) in [6, 6.07) is 0.610. The lowest BCUT2D eigenvalue weighted by Crippen LogP contribution is -2.11. The van der Waals surface area contributed by atoms with Crippen LogP contribution < -0.4 is 11.1 Å². The van der Waals surface area contributed by atoms with Crippen molar-refractivity contribution in [3.8, 4) is 0 Å². The predicted molar refractivity (Wildman–Crippen MR) is 62.9 cm³/mol. The molecule has 4 heteroatoms. The van der Waals surface area contributed by atoms with Crippen LogP contribution in [-0.2, 0) is 6.54 Å². The van der Waals surface area contributed by atoms with Gasteiger partial charge in [0.15, 0.2) is 0 Å². The van der Waals surface area contributed by atoms with Crippen LogP contribution in [0.25, 0.3) is 0 Å². The van der Waals surface area contributed by atoms with Gasteiger partial charge in [-0.15, -0.1) is 0 Å². The summed E-state index contributed by atoms with van der Waals surface area (Å²) in [5.41, 5.74) is 7.72. The van der Waals surface area contributed by atoms with Crippen molar-refractivity contribution in [2.75, 3.05) is 11.1 Å². The lowest BCUT2D eigenvalue weighted by Gasteiger charge is -2.08. The number of nitrogen functional groups attached to an aromatic ring is 1. The van der Waals surface area contributed by atoms with Crippen LogP contribution in [0.4, 0.5) is 11.5 Å². The van der Waals surface area contributed by atoms with E-state index in [1.165, 1.54) is 12.8 Å². The van der Waals surface area contributed by atoms with Gasteiger partial charge in [0.1, 0.15) is 5.82 Å². The van der Waals surface area contributed by atoms with Gasteiger partial charge in [-0.1, -0.05) is 13.3 Å². The molecule has 2 unspecified atom stereocenters. The van der Waals surface area contributed by atoms with Gasteiger partial charge in [0.2, 0.25) is 0 Å². The van der Waals surface area contributed by atoms with Gasteiger partial charge >= 0.3 is 0 Å². The molecular weight excluding hydrogens is 188 g/mol. The molecule has 1 heterocycles. The minimum Gasteiger partial charge on any atom is -0.394 e. The Kier molecular flexibility index (Phi) is 2.59. The predicted octanol–water partition coefficient (Wildman–Crippen LogP) is 2.00. The smallest absolute Gasteiger partial charge is 0.148 e. The molecule has 0 spiro atoms. The molecule has 1 saturated carbocycles. The number of nitrogens with zero attached hydrogens (tertiary/aromatic N) is 2. The number of nitrogens with two attached hydrogens (primary N) is 1. The van der Waals surface area contributed by atoms with Crippen LogP contribution in [0.3, 0.4) is 0 Å². The fourth-order valence-electron chi connectivity index (χ4n) is 2.03. The summed E-state index contributed by atoms with van der Waals surface area (Å²) in [6.45, 7) is 7.14. The third-order valence-electron chi connectivity index (χ3n) is 3.24. The maximum atomic E-state index is 6.00. The van der Waals surface area contributed by atoms with E-state index in [1.807, 2.05) is 11.6 Å². The lowest BCUT2D eigenvalue weighted by molar-refractivity contribution is 0.654. The summed E-state index contributed by atoms with van der Waals surface area (Å²) < 4.78 is 1.95. The Morgan fingerprint density at radius 2 is 2.27 bits per heavy atom. The number of hydrogen-bond acceptors (Lipinski definition) is 3. The Morgan fingerprint density at radius 1 is 1.53 bits per heavy atom. The van der Waals surface area contributed by atoms with E-state index < -0.39 is 0 Å². The third-order valence-corrected chi connectivity index (χ3v) is 3.24. The largest absolute Gasteiger partial charge is 0.394 e. The number of hydrogen-bond donors (Lipinski definition) is 2. The first-order valence-corrected chi connectivity index (χ1v) is 5.76. The Hall–Kier alpha value is -1.19.